The number of hydrogen-bond acceptors (Lipinski definition) is 3. The van der Waals surface area contributed by atoms with E-state index in [2.05, 4.69) is 5.32 Å². The third kappa shape index (κ3) is 4.55. The standard InChI is InChI=1S/C13H20N2O2.ClH/c1-9(8-14)13(16)15-10(2)11-4-6-12(17-3)7-5-11;/h4-7,9-10H,8,14H2,1-3H3,(H,15,16);1H. The van der Waals surface area contributed by atoms with Crippen molar-refractivity contribution in [3.63, 3.8) is 0 Å². The van der Waals surface area contributed by atoms with Crippen molar-refractivity contribution in [3.05, 3.63) is 29.8 Å². The molecule has 0 radical (unpaired) electrons. The highest BCUT2D eigenvalue weighted by Gasteiger charge is 2.14. The SMILES string of the molecule is COc1ccc(C(C)NC(=O)C(C)CN)cc1.Cl. The molecule has 3 N–H and O–H groups in total. The zero-order valence-electron chi connectivity index (χ0n) is 11.0. The Bertz CT molecular complexity index is 368. The quantitative estimate of drug-likeness (QED) is 0.860. The number of carbonyl (C=O) groups excluding carboxylic acids is 1. The highest BCUT2D eigenvalue weighted by Crippen LogP contribution is 2.17. The first-order valence-electron chi connectivity index (χ1n) is 5.73. The molecule has 1 aromatic carbocycles. The highest BCUT2D eigenvalue weighted by atomic mass is 35.5. The van der Waals surface area contributed by atoms with Gasteiger partial charge in [0.1, 0.15) is 5.75 Å². The maximum Gasteiger partial charge on any atom is 0.224 e. The molecule has 0 saturated carbocycles. The van der Waals surface area contributed by atoms with Gasteiger partial charge in [0.2, 0.25) is 5.91 Å². The van der Waals surface area contributed by atoms with E-state index in [1.807, 2.05) is 38.1 Å². The van der Waals surface area contributed by atoms with Crippen LogP contribution in [0.3, 0.4) is 0 Å². The summed E-state index contributed by atoms with van der Waals surface area (Å²) in [6.07, 6.45) is 0. The lowest BCUT2D eigenvalue weighted by Gasteiger charge is -2.17. The monoisotopic (exact) mass is 272 g/mol. The Morgan fingerprint density at radius 2 is 1.89 bits per heavy atom. The van der Waals surface area contributed by atoms with Gasteiger partial charge in [-0.15, -0.1) is 12.4 Å². The van der Waals surface area contributed by atoms with Gasteiger partial charge in [-0.05, 0) is 24.6 Å². The summed E-state index contributed by atoms with van der Waals surface area (Å²) >= 11 is 0. The van der Waals surface area contributed by atoms with Gasteiger partial charge in [-0.3, -0.25) is 4.79 Å². The van der Waals surface area contributed by atoms with E-state index in [-0.39, 0.29) is 30.3 Å². The first-order valence-corrected chi connectivity index (χ1v) is 5.73. The first kappa shape index (κ1) is 16.7. The maximum absolute atomic E-state index is 11.7. The van der Waals surface area contributed by atoms with E-state index >= 15 is 0 Å². The summed E-state index contributed by atoms with van der Waals surface area (Å²) in [4.78, 5) is 11.7. The minimum atomic E-state index is -0.157. The van der Waals surface area contributed by atoms with Crippen molar-refractivity contribution in [2.24, 2.45) is 11.7 Å². The Morgan fingerprint density at radius 1 is 1.33 bits per heavy atom. The molecule has 18 heavy (non-hydrogen) atoms. The van der Waals surface area contributed by atoms with Crippen molar-refractivity contribution in [2.75, 3.05) is 13.7 Å². The maximum atomic E-state index is 11.7. The van der Waals surface area contributed by atoms with Crippen LogP contribution in [0, 0.1) is 5.92 Å². The van der Waals surface area contributed by atoms with Gasteiger partial charge in [-0.1, -0.05) is 19.1 Å². The zero-order chi connectivity index (χ0) is 12.8. The van der Waals surface area contributed by atoms with Crippen LogP contribution >= 0.6 is 12.4 Å². The number of rotatable bonds is 5. The fourth-order valence-electron chi connectivity index (χ4n) is 1.44. The van der Waals surface area contributed by atoms with Crippen LogP contribution in [0.2, 0.25) is 0 Å². The summed E-state index contributed by atoms with van der Waals surface area (Å²) in [5, 5.41) is 2.92. The molecule has 1 aromatic rings. The summed E-state index contributed by atoms with van der Waals surface area (Å²) in [7, 11) is 1.63. The third-order valence-corrected chi connectivity index (χ3v) is 2.78. The van der Waals surface area contributed by atoms with Gasteiger partial charge in [0, 0.05) is 12.5 Å². The van der Waals surface area contributed by atoms with Crippen molar-refractivity contribution in [2.45, 2.75) is 19.9 Å². The lowest BCUT2D eigenvalue weighted by atomic mass is 10.1. The first-order chi connectivity index (χ1) is 8.08. The smallest absolute Gasteiger partial charge is 0.224 e. The molecule has 5 heteroatoms. The van der Waals surface area contributed by atoms with Gasteiger partial charge in [0.25, 0.3) is 0 Å². The minimum Gasteiger partial charge on any atom is -0.497 e. The van der Waals surface area contributed by atoms with E-state index in [4.69, 9.17) is 10.5 Å². The number of halogens is 1. The highest BCUT2D eigenvalue weighted by molar-refractivity contribution is 5.85. The average Bonchev–Trinajstić information content (AvgIpc) is 2.37. The van der Waals surface area contributed by atoms with E-state index in [1.165, 1.54) is 0 Å². The molecule has 0 aliphatic rings. The Balaban J connectivity index is 0.00000289. The second kappa shape index (κ2) is 7.95. The van der Waals surface area contributed by atoms with Gasteiger partial charge in [0.15, 0.2) is 0 Å². The number of ether oxygens (including phenoxy) is 1. The molecule has 0 aliphatic heterocycles. The number of carbonyl (C=O) groups is 1. The summed E-state index contributed by atoms with van der Waals surface area (Å²) in [5.74, 6) is 0.633. The lowest BCUT2D eigenvalue weighted by molar-refractivity contribution is -0.124. The van der Waals surface area contributed by atoms with Crippen LogP contribution in [0.1, 0.15) is 25.5 Å². The summed E-state index contributed by atoms with van der Waals surface area (Å²) in [5.41, 5.74) is 6.49. The Labute approximate surface area is 114 Å². The lowest BCUT2D eigenvalue weighted by Crippen LogP contribution is -2.34. The van der Waals surface area contributed by atoms with E-state index in [9.17, 15) is 4.79 Å². The van der Waals surface area contributed by atoms with Crippen molar-refractivity contribution in [1.82, 2.24) is 5.32 Å². The minimum absolute atomic E-state index is 0. The summed E-state index contributed by atoms with van der Waals surface area (Å²) in [6, 6.07) is 7.62. The molecule has 0 aliphatic carbocycles. The number of hydrogen-bond donors (Lipinski definition) is 2. The third-order valence-electron chi connectivity index (χ3n) is 2.78. The van der Waals surface area contributed by atoms with Gasteiger partial charge >= 0.3 is 0 Å². The summed E-state index contributed by atoms with van der Waals surface area (Å²) in [6.45, 7) is 4.13. The number of amides is 1. The predicted molar refractivity (Wildman–Crippen MR) is 75.0 cm³/mol. The molecule has 102 valence electrons. The molecule has 0 fully saturated rings. The fourth-order valence-corrected chi connectivity index (χ4v) is 1.44. The number of nitrogens with two attached hydrogens (primary N) is 1. The average molecular weight is 273 g/mol. The van der Waals surface area contributed by atoms with Crippen molar-refractivity contribution < 1.29 is 9.53 Å². The molecule has 0 saturated heterocycles. The topological polar surface area (TPSA) is 64.3 Å². The van der Waals surface area contributed by atoms with Crippen LogP contribution < -0.4 is 15.8 Å². The molecule has 4 nitrogen and oxygen atoms in total. The van der Waals surface area contributed by atoms with E-state index in [1.54, 1.807) is 7.11 Å². The molecular weight excluding hydrogens is 252 g/mol. The largest absolute Gasteiger partial charge is 0.497 e. The van der Waals surface area contributed by atoms with Crippen molar-refractivity contribution in [1.29, 1.82) is 0 Å². The van der Waals surface area contributed by atoms with Gasteiger partial charge in [-0.2, -0.15) is 0 Å². The Morgan fingerprint density at radius 3 is 2.33 bits per heavy atom. The Kier molecular flexibility index (Phi) is 7.39. The molecule has 2 unspecified atom stereocenters. The van der Waals surface area contributed by atoms with Crippen LogP contribution in [-0.2, 0) is 4.79 Å². The van der Waals surface area contributed by atoms with Crippen LogP contribution in [0.4, 0.5) is 0 Å². The molecule has 0 heterocycles. The van der Waals surface area contributed by atoms with Crippen LogP contribution in [0.25, 0.3) is 0 Å². The number of nitrogens with one attached hydrogen (secondary N) is 1. The van der Waals surface area contributed by atoms with E-state index < -0.39 is 0 Å². The molecule has 2 atom stereocenters. The van der Waals surface area contributed by atoms with Crippen molar-refractivity contribution >= 4 is 18.3 Å². The zero-order valence-corrected chi connectivity index (χ0v) is 11.8. The van der Waals surface area contributed by atoms with Crippen molar-refractivity contribution in [3.8, 4) is 5.75 Å². The molecule has 1 rings (SSSR count). The molecule has 0 spiro atoms. The second-order valence-corrected chi connectivity index (χ2v) is 4.14. The van der Waals surface area contributed by atoms with Crippen LogP contribution in [0.15, 0.2) is 24.3 Å². The molecular formula is C13H21ClN2O2. The normalized spacial score (nSPS) is 13.1. The van der Waals surface area contributed by atoms with E-state index in [0.29, 0.717) is 6.54 Å². The molecule has 1 amide bonds. The fraction of sp³-hybridized carbons (Fsp3) is 0.462. The Hall–Kier alpha value is -1.26. The number of methoxy groups -OCH3 is 1. The van der Waals surface area contributed by atoms with Gasteiger partial charge < -0.3 is 15.8 Å². The summed E-state index contributed by atoms with van der Waals surface area (Å²) < 4.78 is 5.08. The molecule has 0 aromatic heterocycles. The van der Waals surface area contributed by atoms with Gasteiger partial charge in [0.05, 0.1) is 13.2 Å². The molecule has 0 bridgehead atoms. The predicted octanol–water partition coefficient (Wildman–Crippen LogP) is 1.89. The van der Waals surface area contributed by atoms with E-state index in [0.717, 1.165) is 11.3 Å². The van der Waals surface area contributed by atoms with Crippen LogP contribution in [-0.4, -0.2) is 19.6 Å². The second-order valence-electron chi connectivity index (χ2n) is 4.14. The van der Waals surface area contributed by atoms with Crippen LogP contribution in [0.5, 0.6) is 5.75 Å². The van der Waals surface area contributed by atoms with Gasteiger partial charge in [-0.25, -0.2) is 0 Å². The number of benzene rings is 1.